The van der Waals surface area contributed by atoms with Crippen molar-refractivity contribution >= 4 is 11.7 Å². The third-order valence-electron chi connectivity index (χ3n) is 5.52. The van der Waals surface area contributed by atoms with Gasteiger partial charge in [-0.2, -0.15) is 0 Å². The van der Waals surface area contributed by atoms with Crippen LogP contribution in [-0.4, -0.2) is 60.9 Å². The predicted octanol–water partition coefficient (Wildman–Crippen LogP) is 3.54. The number of nitrogens with zero attached hydrogens (tertiary/aromatic N) is 2. The first-order chi connectivity index (χ1) is 14.9. The predicted molar refractivity (Wildman–Crippen MR) is 120 cm³/mol. The fourth-order valence-electron chi connectivity index (χ4n) is 3.90. The van der Waals surface area contributed by atoms with E-state index in [1.165, 1.54) is 0 Å². The van der Waals surface area contributed by atoms with Crippen LogP contribution in [0.2, 0.25) is 0 Å². The van der Waals surface area contributed by atoms with Gasteiger partial charge in [-0.25, -0.2) is 0 Å². The highest BCUT2D eigenvalue weighted by Crippen LogP contribution is 2.39. The number of hydrogen-bond acceptors (Lipinski definition) is 5. The van der Waals surface area contributed by atoms with Crippen LogP contribution in [0.3, 0.4) is 0 Å². The molecule has 1 aliphatic heterocycles. The van der Waals surface area contributed by atoms with E-state index < -0.39 is 17.7 Å². The van der Waals surface area contributed by atoms with Gasteiger partial charge in [-0.3, -0.25) is 9.59 Å². The van der Waals surface area contributed by atoms with Gasteiger partial charge in [0, 0.05) is 13.0 Å². The highest BCUT2D eigenvalue weighted by atomic mass is 16.5. The van der Waals surface area contributed by atoms with E-state index in [9.17, 15) is 14.7 Å². The molecule has 2 aromatic carbocycles. The van der Waals surface area contributed by atoms with Crippen molar-refractivity contribution in [1.29, 1.82) is 0 Å². The van der Waals surface area contributed by atoms with Gasteiger partial charge in [0.15, 0.2) is 11.5 Å². The Labute approximate surface area is 183 Å². The highest BCUT2D eigenvalue weighted by Gasteiger charge is 2.42. The lowest BCUT2D eigenvalue weighted by Gasteiger charge is -2.27. The molecule has 6 heteroatoms. The van der Waals surface area contributed by atoms with Crippen LogP contribution in [0.25, 0.3) is 0 Å². The second kappa shape index (κ2) is 10.3. The molecule has 1 amide bonds. The second-order valence-electron chi connectivity index (χ2n) is 8.00. The number of rotatable bonds is 10. The van der Waals surface area contributed by atoms with E-state index in [0.717, 1.165) is 24.1 Å². The van der Waals surface area contributed by atoms with Crippen molar-refractivity contribution in [1.82, 2.24) is 9.80 Å². The third-order valence-corrected chi connectivity index (χ3v) is 5.52. The van der Waals surface area contributed by atoms with Crippen LogP contribution < -0.4 is 4.74 Å². The number of methoxy groups -OCH3 is 1. The molecular weight excluding hydrogens is 392 g/mol. The van der Waals surface area contributed by atoms with Crippen molar-refractivity contribution in [3.63, 3.8) is 0 Å². The van der Waals surface area contributed by atoms with Crippen LogP contribution in [0, 0.1) is 0 Å². The average Bonchev–Trinajstić information content (AvgIpc) is 3.03. The summed E-state index contributed by atoms with van der Waals surface area (Å²) < 4.78 is 5.24. The first kappa shape index (κ1) is 22.6. The molecule has 1 heterocycles. The van der Waals surface area contributed by atoms with Gasteiger partial charge in [-0.15, -0.1) is 0 Å². The molecule has 0 saturated carbocycles. The summed E-state index contributed by atoms with van der Waals surface area (Å²) in [6.07, 6.45) is 1.53. The van der Waals surface area contributed by atoms with Gasteiger partial charge >= 0.3 is 0 Å². The van der Waals surface area contributed by atoms with E-state index in [-0.39, 0.29) is 17.8 Å². The van der Waals surface area contributed by atoms with Crippen molar-refractivity contribution < 1.29 is 19.4 Å². The Morgan fingerprint density at radius 3 is 2.39 bits per heavy atom. The summed E-state index contributed by atoms with van der Waals surface area (Å²) in [4.78, 5) is 29.7. The fraction of sp³-hybridized carbons (Fsp3) is 0.360. The standard InChI is InChI=1S/C25H30N2O4/c1-26(2)16-7-17-27-23(19-11-13-20(31-3)14-12-19)22(24(29)25(27)30)21(28)15-10-18-8-5-4-6-9-18/h4-6,8-9,11-14,23,29H,7,10,15-17H2,1-3H3. The van der Waals surface area contributed by atoms with E-state index >= 15 is 0 Å². The van der Waals surface area contributed by atoms with Crippen LogP contribution in [0.4, 0.5) is 0 Å². The topological polar surface area (TPSA) is 70.1 Å². The maximum atomic E-state index is 13.2. The molecule has 1 aliphatic rings. The lowest BCUT2D eigenvalue weighted by molar-refractivity contribution is -0.129. The maximum absolute atomic E-state index is 13.2. The molecule has 6 nitrogen and oxygen atoms in total. The Morgan fingerprint density at radius 1 is 1.10 bits per heavy atom. The average molecular weight is 423 g/mol. The number of ether oxygens (including phenoxy) is 1. The summed E-state index contributed by atoms with van der Waals surface area (Å²) in [7, 11) is 5.54. The van der Waals surface area contributed by atoms with Gasteiger partial charge in [0.05, 0.1) is 18.7 Å². The van der Waals surface area contributed by atoms with Crippen molar-refractivity contribution in [2.75, 3.05) is 34.3 Å². The molecule has 1 N–H and O–H groups in total. The number of aryl methyl sites for hydroxylation is 1. The molecule has 1 atom stereocenters. The summed E-state index contributed by atoms with van der Waals surface area (Å²) in [6.45, 7) is 1.25. The number of Topliss-reactive ketones (excluding diaryl/α,β-unsaturated/α-hetero) is 1. The van der Waals surface area contributed by atoms with Crippen LogP contribution >= 0.6 is 0 Å². The minimum atomic E-state index is -0.594. The molecule has 0 aliphatic carbocycles. The molecule has 164 valence electrons. The minimum Gasteiger partial charge on any atom is -0.503 e. The first-order valence-corrected chi connectivity index (χ1v) is 10.5. The number of amides is 1. The third kappa shape index (κ3) is 5.33. The monoisotopic (exact) mass is 422 g/mol. The smallest absolute Gasteiger partial charge is 0.290 e. The van der Waals surface area contributed by atoms with Gasteiger partial charge in [-0.1, -0.05) is 42.5 Å². The quantitative estimate of drug-likeness (QED) is 0.634. The second-order valence-corrected chi connectivity index (χ2v) is 8.00. The van der Waals surface area contributed by atoms with Crippen LogP contribution in [-0.2, 0) is 16.0 Å². The van der Waals surface area contributed by atoms with Crippen molar-refractivity contribution in [3.05, 3.63) is 77.1 Å². The van der Waals surface area contributed by atoms with Gasteiger partial charge < -0.3 is 19.6 Å². The molecule has 0 fully saturated rings. The number of carbonyl (C=O) groups excluding carboxylic acids is 2. The lowest BCUT2D eigenvalue weighted by Crippen LogP contribution is -2.33. The highest BCUT2D eigenvalue weighted by molar-refractivity contribution is 6.09. The Hall–Kier alpha value is -3.12. The zero-order chi connectivity index (χ0) is 22.4. The Bertz CT molecular complexity index is 936. The molecule has 31 heavy (non-hydrogen) atoms. The molecule has 0 spiro atoms. The van der Waals surface area contributed by atoms with Crippen LogP contribution in [0.1, 0.15) is 30.0 Å². The van der Waals surface area contributed by atoms with Crippen LogP contribution in [0.5, 0.6) is 5.75 Å². The lowest BCUT2D eigenvalue weighted by atomic mass is 9.93. The SMILES string of the molecule is COc1ccc(C2C(C(=O)CCc3ccccc3)=C(O)C(=O)N2CCCN(C)C)cc1. The first-order valence-electron chi connectivity index (χ1n) is 10.5. The Morgan fingerprint density at radius 2 is 1.77 bits per heavy atom. The number of aliphatic hydroxyl groups excluding tert-OH is 1. The van der Waals surface area contributed by atoms with E-state index in [4.69, 9.17) is 4.74 Å². The normalized spacial score (nSPS) is 16.3. The zero-order valence-electron chi connectivity index (χ0n) is 18.4. The summed E-state index contributed by atoms with van der Waals surface area (Å²) in [5, 5.41) is 10.7. The molecule has 1 unspecified atom stereocenters. The summed E-state index contributed by atoms with van der Waals surface area (Å²) in [6, 6.07) is 16.4. The van der Waals surface area contributed by atoms with E-state index in [0.29, 0.717) is 18.7 Å². The molecule has 0 radical (unpaired) electrons. The minimum absolute atomic E-state index is 0.191. The number of aliphatic hydroxyl groups is 1. The van der Waals surface area contributed by atoms with Gasteiger partial charge in [-0.05, 0) is 56.7 Å². The van der Waals surface area contributed by atoms with Gasteiger partial charge in [0.1, 0.15) is 5.75 Å². The fourth-order valence-corrected chi connectivity index (χ4v) is 3.90. The van der Waals surface area contributed by atoms with Crippen molar-refractivity contribution in [2.45, 2.75) is 25.3 Å². The number of hydrogen-bond donors (Lipinski definition) is 1. The van der Waals surface area contributed by atoms with E-state index in [1.807, 2.05) is 61.5 Å². The Balaban J connectivity index is 1.87. The largest absolute Gasteiger partial charge is 0.503 e. The molecule has 3 rings (SSSR count). The molecule has 2 aromatic rings. The maximum Gasteiger partial charge on any atom is 0.290 e. The molecular formula is C25H30N2O4. The zero-order valence-corrected chi connectivity index (χ0v) is 18.4. The Kier molecular flexibility index (Phi) is 7.47. The molecule has 0 aromatic heterocycles. The molecule has 0 saturated heterocycles. The van der Waals surface area contributed by atoms with Crippen LogP contribution in [0.15, 0.2) is 65.9 Å². The molecule has 0 bridgehead atoms. The van der Waals surface area contributed by atoms with Crippen molar-refractivity contribution in [3.8, 4) is 5.75 Å². The number of ketones is 1. The van der Waals surface area contributed by atoms with Gasteiger partial charge in [0.2, 0.25) is 0 Å². The van der Waals surface area contributed by atoms with E-state index in [2.05, 4.69) is 0 Å². The summed E-state index contributed by atoms with van der Waals surface area (Å²) in [5.41, 5.74) is 2.02. The van der Waals surface area contributed by atoms with E-state index in [1.54, 1.807) is 24.1 Å². The number of benzene rings is 2. The van der Waals surface area contributed by atoms with Gasteiger partial charge in [0.25, 0.3) is 5.91 Å². The number of carbonyl (C=O) groups is 2. The summed E-state index contributed by atoms with van der Waals surface area (Å²) in [5.74, 6) is -0.422. The van der Waals surface area contributed by atoms with Crippen molar-refractivity contribution in [2.24, 2.45) is 0 Å². The summed E-state index contributed by atoms with van der Waals surface area (Å²) >= 11 is 0.